The van der Waals surface area contributed by atoms with Gasteiger partial charge in [-0.3, -0.25) is 9.59 Å². The number of ketones is 2. The lowest BCUT2D eigenvalue weighted by molar-refractivity contribution is -0.138. The maximum Gasteiger partial charge on any atom is 0.331 e. The Bertz CT molecular complexity index is 3430. The first-order chi connectivity index (χ1) is 43.8. The van der Waals surface area contributed by atoms with Crippen molar-refractivity contribution in [2.75, 3.05) is 13.2 Å². The average molecular weight is 1210 g/mol. The van der Waals surface area contributed by atoms with Gasteiger partial charge in [0.25, 0.3) is 0 Å². The minimum Gasteiger partial charge on any atom is -0.489 e. The van der Waals surface area contributed by atoms with E-state index in [4.69, 9.17) is 28.4 Å². The molecule has 0 heterocycles. The van der Waals surface area contributed by atoms with E-state index in [9.17, 15) is 19.2 Å². The van der Waals surface area contributed by atoms with Crippen LogP contribution in [0.1, 0.15) is 121 Å². The lowest BCUT2D eigenvalue weighted by atomic mass is 9.99. The van der Waals surface area contributed by atoms with Gasteiger partial charge in [-0.2, -0.15) is 0 Å². The molecule has 0 bridgehead atoms. The Morgan fingerprint density at radius 3 is 0.822 bits per heavy atom. The van der Waals surface area contributed by atoms with Gasteiger partial charge in [0.05, 0.1) is 13.2 Å². The monoisotopic (exact) mass is 1200 g/mol. The van der Waals surface area contributed by atoms with E-state index in [1.54, 1.807) is 12.2 Å². The largest absolute Gasteiger partial charge is 0.489 e. The van der Waals surface area contributed by atoms with Crippen molar-refractivity contribution in [3.05, 3.63) is 275 Å². The minimum absolute atomic E-state index is 0.222. The number of ether oxygens (including phenoxy) is 6. The molecule has 90 heavy (non-hydrogen) atoms. The Balaban J connectivity index is 0.000000143. The number of allylic oxidation sites excluding steroid dienone is 2. The van der Waals surface area contributed by atoms with Gasteiger partial charge in [-0.1, -0.05) is 198 Å². The second-order valence-corrected chi connectivity index (χ2v) is 23.9. The quantitative estimate of drug-likeness (QED) is 0.0328. The Morgan fingerprint density at radius 2 is 0.578 bits per heavy atom. The smallest absolute Gasteiger partial charge is 0.331 e. The van der Waals surface area contributed by atoms with Crippen LogP contribution in [0.4, 0.5) is 0 Å². The van der Waals surface area contributed by atoms with Crippen molar-refractivity contribution in [1.29, 1.82) is 0 Å². The van der Waals surface area contributed by atoms with Gasteiger partial charge < -0.3 is 28.4 Å². The summed E-state index contributed by atoms with van der Waals surface area (Å²) in [4.78, 5) is 48.2. The van der Waals surface area contributed by atoms with Crippen LogP contribution in [0.25, 0.3) is 11.1 Å². The van der Waals surface area contributed by atoms with E-state index in [1.165, 1.54) is 0 Å². The van der Waals surface area contributed by atoms with Crippen molar-refractivity contribution in [2.24, 2.45) is 47.3 Å². The third kappa shape index (κ3) is 20.4. The molecule has 0 aromatic heterocycles. The summed E-state index contributed by atoms with van der Waals surface area (Å²) in [5, 5.41) is 0. The molecule has 10 nitrogen and oxygen atoms in total. The Labute approximate surface area is 531 Å². The van der Waals surface area contributed by atoms with Crippen LogP contribution in [0.5, 0.6) is 23.0 Å². The topological polar surface area (TPSA) is 124 Å². The van der Waals surface area contributed by atoms with E-state index in [0.29, 0.717) is 75.1 Å². The van der Waals surface area contributed by atoms with Crippen molar-refractivity contribution < 1.29 is 47.6 Å². The molecule has 0 aliphatic heterocycles. The van der Waals surface area contributed by atoms with E-state index in [2.05, 4.69) is 27.7 Å². The molecule has 12 rings (SSSR count). The third-order valence-corrected chi connectivity index (χ3v) is 16.6. The molecule has 464 valence electrons. The summed E-state index contributed by atoms with van der Waals surface area (Å²) in [7, 11) is 0. The zero-order valence-electron chi connectivity index (χ0n) is 52.7. The molecule has 0 amide bonds. The van der Waals surface area contributed by atoms with Gasteiger partial charge in [0.15, 0.2) is 11.6 Å². The second kappa shape index (κ2) is 32.8. The minimum atomic E-state index is -0.271. The summed E-state index contributed by atoms with van der Waals surface area (Å²) in [6.07, 6.45) is 7.56. The van der Waals surface area contributed by atoms with Crippen LogP contribution < -0.4 is 18.9 Å². The van der Waals surface area contributed by atoms with Gasteiger partial charge in [-0.15, -0.1) is 0 Å². The Morgan fingerprint density at radius 1 is 0.333 bits per heavy atom. The van der Waals surface area contributed by atoms with Crippen molar-refractivity contribution in [3.8, 4) is 23.0 Å². The first-order valence-corrected chi connectivity index (χ1v) is 31.7. The number of benzene rings is 8. The lowest BCUT2D eigenvalue weighted by Crippen LogP contribution is -2.03. The zero-order valence-corrected chi connectivity index (χ0v) is 52.7. The van der Waals surface area contributed by atoms with Gasteiger partial charge >= 0.3 is 11.9 Å². The van der Waals surface area contributed by atoms with Crippen LogP contribution in [0.15, 0.2) is 231 Å². The van der Waals surface area contributed by atoms with Gasteiger partial charge in [-0.25, -0.2) is 9.59 Å². The molecule has 0 N–H and O–H groups in total. The SMILES string of the molecule is CCOC(=O)C=C(c1cccc(OCc2ccccc2)c1)[C@@H]1C[C@H]1C.CCOC(=O)C=C(c1cccc(OCc2ccccc2)c1)[C@H]1C[C@@H]1C.C[C@@H]1C[C@H]1C(=O)c1cccc(OCc2ccccc2)c1.C[C@H]1C[C@@H]1C(=O)c1cccc(OCc2ccccc2)c1. The molecule has 0 saturated heterocycles. The van der Waals surface area contributed by atoms with Gasteiger partial charge in [0, 0.05) is 35.1 Å². The second-order valence-electron chi connectivity index (χ2n) is 23.9. The van der Waals surface area contributed by atoms with Crippen molar-refractivity contribution in [1.82, 2.24) is 0 Å². The fourth-order valence-corrected chi connectivity index (χ4v) is 10.7. The molecular formula is C80H84O10. The van der Waals surface area contributed by atoms with Gasteiger partial charge in [-0.05, 0) is 168 Å². The number of carbonyl (C=O) groups is 4. The van der Waals surface area contributed by atoms with E-state index >= 15 is 0 Å². The molecule has 0 radical (unpaired) electrons. The number of esters is 2. The van der Waals surface area contributed by atoms with Crippen LogP contribution in [0.3, 0.4) is 0 Å². The zero-order chi connectivity index (χ0) is 63.2. The first-order valence-electron chi connectivity index (χ1n) is 31.7. The lowest BCUT2D eigenvalue weighted by Gasteiger charge is -2.11. The average Bonchev–Trinajstić information content (AvgIpc) is 2.06. The molecular weight excluding hydrogens is 1120 g/mol. The van der Waals surface area contributed by atoms with E-state index < -0.39 is 0 Å². The van der Waals surface area contributed by atoms with Crippen LogP contribution in [-0.4, -0.2) is 36.7 Å². The number of hydrogen-bond acceptors (Lipinski definition) is 10. The summed E-state index contributed by atoms with van der Waals surface area (Å²) in [5.74, 6) is 6.68. The van der Waals surface area contributed by atoms with Crippen LogP contribution in [0.2, 0.25) is 0 Å². The molecule has 4 fully saturated rings. The predicted molar refractivity (Wildman–Crippen MR) is 356 cm³/mol. The maximum atomic E-state index is 12.2. The van der Waals surface area contributed by atoms with Crippen molar-refractivity contribution in [3.63, 3.8) is 0 Å². The molecule has 4 saturated carbocycles. The summed E-state index contributed by atoms with van der Waals surface area (Å²) < 4.78 is 33.5. The Kier molecular flexibility index (Phi) is 23.8. The summed E-state index contributed by atoms with van der Waals surface area (Å²) in [6.45, 7) is 15.2. The Hall–Kier alpha value is -9.28. The van der Waals surface area contributed by atoms with Gasteiger partial charge in [0.2, 0.25) is 0 Å². The molecule has 4 aliphatic rings. The molecule has 8 aromatic rings. The van der Waals surface area contributed by atoms with Crippen LogP contribution in [-0.2, 0) is 45.5 Å². The summed E-state index contributed by atoms with van der Waals surface area (Å²) in [6, 6.07) is 71.2. The summed E-state index contributed by atoms with van der Waals surface area (Å²) in [5.41, 5.74) is 10.2. The summed E-state index contributed by atoms with van der Waals surface area (Å²) >= 11 is 0. The van der Waals surface area contributed by atoms with Gasteiger partial charge in [0.1, 0.15) is 49.4 Å². The highest BCUT2D eigenvalue weighted by Crippen LogP contribution is 2.49. The third-order valence-electron chi connectivity index (χ3n) is 16.6. The highest BCUT2D eigenvalue weighted by molar-refractivity contribution is 6.00. The van der Waals surface area contributed by atoms with E-state index in [1.807, 2.05) is 232 Å². The molecule has 8 aromatic carbocycles. The van der Waals surface area contributed by atoms with E-state index in [0.717, 1.165) is 104 Å². The number of carbonyl (C=O) groups excluding carboxylic acids is 4. The van der Waals surface area contributed by atoms with Crippen molar-refractivity contribution >= 4 is 34.7 Å². The van der Waals surface area contributed by atoms with Crippen molar-refractivity contribution in [2.45, 2.75) is 93.7 Å². The molecule has 10 heteroatoms. The molecule has 0 spiro atoms. The molecule has 8 atom stereocenters. The molecule has 4 aliphatic carbocycles. The fraction of sp³-hybridized carbons (Fsp3) is 0.300. The maximum absolute atomic E-state index is 12.2. The first kappa shape index (κ1) is 65.2. The highest BCUT2D eigenvalue weighted by Gasteiger charge is 2.41. The fourth-order valence-electron chi connectivity index (χ4n) is 10.7. The number of Topliss-reactive ketones (excluding diaryl/α,β-unsaturated/α-hetero) is 2. The standard InChI is InChI=1S/2C22H24O3.2C18H18O2/c2*1-3-24-22(23)14-21(20-12-16(20)2)18-10-7-11-19(13-18)25-15-17-8-5-4-6-9-17;2*1-13-10-17(13)18(19)15-8-5-9-16(11-15)20-12-14-6-3-2-4-7-14/h2*4-11,13-14,16,20H,3,12,15H2,1-2H3;2*2-9,11,13,17H,10,12H2,1H3/t2*16-,20-;2*13-,17-/m1010/s1. The van der Waals surface area contributed by atoms with Crippen LogP contribution >= 0.6 is 0 Å². The molecule has 0 unspecified atom stereocenters. The number of hydrogen-bond donors (Lipinski definition) is 0. The predicted octanol–water partition coefficient (Wildman–Crippen LogP) is 17.9. The normalized spacial score (nSPS) is 19.8. The van der Waals surface area contributed by atoms with E-state index in [-0.39, 0.29) is 35.3 Å². The number of rotatable bonds is 24. The van der Waals surface area contributed by atoms with Crippen LogP contribution in [0, 0.1) is 47.3 Å². The highest BCUT2D eigenvalue weighted by atomic mass is 16.5.